The van der Waals surface area contributed by atoms with Gasteiger partial charge in [0.1, 0.15) is 9.88 Å². The van der Waals surface area contributed by atoms with E-state index in [9.17, 15) is 9.90 Å². The Morgan fingerprint density at radius 1 is 1.38 bits per heavy atom. The lowest BCUT2D eigenvalue weighted by Gasteiger charge is -2.14. The molecule has 2 heterocycles. The smallest absolute Gasteiger partial charge is 0.263 e. The summed E-state index contributed by atoms with van der Waals surface area (Å²) in [5.74, 6) is -0.240. The van der Waals surface area contributed by atoms with Gasteiger partial charge in [0.25, 0.3) is 5.91 Å². The molecule has 3 rings (SSSR count). The Hall–Kier alpha value is -2.51. The molecule has 24 heavy (non-hydrogen) atoms. The number of hydrogen-bond acceptors (Lipinski definition) is 5. The van der Waals surface area contributed by atoms with Crippen molar-refractivity contribution in [3.63, 3.8) is 0 Å². The number of aromatic nitrogens is 3. The Labute approximate surface area is 143 Å². The van der Waals surface area contributed by atoms with E-state index in [2.05, 4.69) is 15.4 Å². The van der Waals surface area contributed by atoms with Crippen molar-refractivity contribution in [2.75, 3.05) is 6.54 Å². The molecular formula is C17H18N4O2S. The summed E-state index contributed by atoms with van der Waals surface area (Å²) >= 11 is 1.30. The van der Waals surface area contributed by atoms with Gasteiger partial charge >= 0.3 is 0 Å². The minimum atomic E-state index is -0.735. The molecule has 0 aliphatic carbocycles. The van der Waals surface area contributed by atoms with Gasteiger partial charge in [0.05, 0.1) is 18.5 Å². The highest BCUT2D eigenvalue weighted by Gasteiger charge is 2.15. The molecule has 0 radical (unpaired) electrons. The number of benzene rings is 1. The first kappa shape index (κ1) is 16.4. The summed E-state index contributed by atoms with van der Waals surface area (Å²) in [6.07, 6.45) is 4.37. The highest BCUT2D eigenvalue weighted by molar-refractivity contribution is 7.16. The Bertz CT molecular complexity index is 856. The molecule has 0 aliphatic rings. The Balaban J connectivity index is 1.63. The second-order valence-electron chi connectivity index (χ2n) is 5.51. The lowest BCUT2D eigenvalue weighted by Crippen LogP contribution is -2.28. The average Bonchev–Trinajstić information content (AvgIpc) is 3.21. The van der Waals surface area contributed by atoms with E-state index in [4.69, 9.17) is 0 Å². The number of thiazole rings is 1. The van der Waals surface area contributed by atoms with E-state index in [1.54, 1.807) is 17.1 Å². The standard InChI is InChI=1S/C17H18N4O2S/c1-11-5-3-4-6-13(11)14(22)8-18-16(23)15-9-19-17(24-15)12-7-20-21(2)10-12/h3-7,9-10,14,22H,8H2,1-2H3,(H,18,23). The third-order valence-electron chi connectivity index (χ3n) is 3.68. The molecule has 3 aromatic rings. The van der Waals surface area contributed by atoms with Gasteiger partial charge in [0, 0.05) is 25.4 Å². The lowest BCUT2D eigenvalue weighted by atomic mass is 10.0. The van der Waals surface area contributed by atoms with Crippen molar-refractivity contribution in [2.24, 2.45) is 7.05 Å². The molecule has 7 heteroatoms. The number of nitrogens with one attached hydrogen (secondary N) is 1. The van der Waals surface area contributed by atoms with Crippen LogP contribution in [-0.2, 0) is 7.05 Å². The Morgan fingerprint density at radius 3 is 2.88 bits per heavy atom. The summed E-state index contributed by atoms with van der Waals surface area (Å²) < 4.78 is 1.69. The molecule has 2 N–H and O–H groups in total. The van der Waals surface area contributed by atoms with Gasteiger partial charge in [0.2, 0.25) is 0 Å². The van der Waals surface area contributed by atoms with Gasteiger partial charge in [-0.3, -0.25) is 9.48 Å². The topological polar surface area (TPSA) is 80.0 Å². The first-order chi connectivity index (χ1) is 11.5. The minimum absolute atomic E-state index is 0.157. The zero-order valence-electron chi connectivity index (χ0n) is 13.4. The van der Waals surface area contributed by atoms with Gasteiger partial charge in [0.15, 0.2) is 0 Å². The number of aliphatic hydroxyl groups excluding tert-OH is 1. The summed E-state index contributed by atoms with van der Waals surface area (Å²) in [5, 5.41) is 17.8. The van der Waals surface area contributed by atoms with Gasteiger partial charge in [-0.25, -0.2) is 4.98 Å². The van der Waals surface area contributed by atoms with E-state index in [1.165, 1.54) is 11.3 Å². The van der Waals surface area contributed by atoms with Crippen LogP contribution in [0.4, 0.5) is 0 Å². The lowest BCUT2D eigenvalue weighted by molar-refractivity contribution is 0.0919. The fourth-order valence-corrected chi connectivity index (χ4v) is 3.20. The second-order valence-corrected chi connectivity index (χ2v) is 6.55. The zero-order chi connectivity index (χ0) is 17.1. The van der Waals surface area contributed by atoms with Gasteiger partial charge in [-0.2, -0.15) is 5.10 Å². The molecule has 1 aromatic carbocycles. The molecular weight excluding hydrogens is 324 g/mol. The van der Waals surface area contributed by atoms with E-state index in [0.29, 0.717) is 4.88 Å². The maximum absolute atomic E-state index is 12.2. The zero-order valence-corrected chi connectivity index (χ0v) is 14.2. The number of carbonyl (C=O) groups is 1. The predicted molar refractivity (Wildman–Crippen MR) is 92.8 cm³/mol. The molecule has 0 bridgehead atoms. The fourth-order valence-electron chi connectivity index (χ4n) is 2.39. The normalized spacial score (nSPS) is 12.1. The summed E-state index contributed by atoms with van der Waals surface area (Å²) in [6.45, 7) is 2.09. The number of aliphatic hydroxyl groups is 1. The number of nitrogens with zero attached hydrogens (tertiary/aromatic N) is 3. The van der Waals surface area contributed by atoms with Gasteiger partial charge < -0.3 is 10.4 Å². The highest BCUT2D eigenvalue weighted by atomic mass is 32.1. The monoisotopic (exact) mass is 342 g/mol. The third-order valence-corrected chi connectivity index (χ3v) is 4.73. The summed E-state index contributed by atoms with van der Waals surface area (Å²) in [6, 6.07) is 7.58. The SMILES string of the molecule is Cc1ccccc1C(O)CNC(=O)c1cnc(-c2cnn(C)c2)s1. The van der Waals surface area contributed by atoms with Crippen LogP contribution in [0.1, 0.15) is 26.9 Å². The minimum Gasteiger partial charge on any atom is -0.387 e. The van der Waals surface area contributed by atoms with Gasteiger partial charge in [-0.05, 0) is 18.1 Å². The molecule has 6 nitrogen and oxygen atoms in total. The van der Waals surface area contributed by atoms with Crippen molar-refractivity contribution < 1.29 is 9.90 Å². The molecule has 1 unspecified atom stereocenters. The maximum Gasteiger partial charge on any atom is 0.263 e. The molecule has 124 valence electrons. The van der Waals surface area contributed by atoms with E-state index in [0.717, 1.165) is 21.7 Å². The fraction of sp³-hybridized carbons (Fsp3) is 0.235. The van der Waals surface area contributed by atoms with Gasteiger partial charge in [-0.1, -0.05) is 24.3 Å². The number of hydrogen-bond donors (Lipinski definition) is 2. The first-order valence-corrected chi connectivity index (χ1v) is 8.33. The quantitative estimate of drug-likeness (QED) is 0.746. The molecule has 1 atom stereocenters. The van der Waals surface area contributed by atoms with Crippen molar-refractivity contribution in [3.8, 4) is 10.6 Å². The van der Waals surface area contributed by atoms with Gasteiger partial charge in [-0.15, -0.1) is 11.3 Å². The summed E-state index contributed by atoms with van der Waals surface area (Å²) in [4.78, 5) is 17.0. The van der Waals surface area contributed by atoms with Crippen LogP contribution in [0.3, 0.4) is 0 Å². The number of aryl methyl sites for hydroxylation is 2. The number of carbonyl (C=O) groups excluding carboxylic acids is 1. The molecule has 0 fully saturated rings. The number of rotatable bonds is 5. The van der Waals surface area contributed by atoms with Crippen molar-refractivity contribution in [1.82, 2.24) is 20.1 Å². The molecule has 0 saturated carbocycles. The van der Waals surface area contributed by atoms with E-state index in [1.807, 2.05) is 44.4 Å². The van der Waals surface area contributed by atoms with Crippen LogP contribution < -0.4 is 5.32 Å². The molecule has 0 spiro atoms. The maximum atomic E-state index is 12.2. The Morgan fingerprint density at radius 2 is 2.17 bits per heavy atom. The molecule has 1 amide bonds. The van der Waals surface area contributed by atoms with Crippen LogP contribution in [0.5, 0.6) is 0 Å². The van der Waals surface area contributed by atoms with Crippen LogP contribution in [0.2, 0.25) is 0 Å². The van der Waals surface area contributed by atoms with Crippen LogP contribution in [-0.4, -0.2) is 32.3 Å². The van der Waals surface area contributed by atoms with Crippen LogP contribution in [0, 0.1) is 6.92 Å². The summed E-state index contributed by atoms with van der Waals surface area (Å²) in [5.41, 5.74) is 2.69. The van der Waals surface area contributed by atoms with E-state index in [-0.39, 0.29) is 12.5 Å². The van der Waals surface area contributed by atoms with E-state index < -0.39 is 6.10 Å². The molecule has 0 aliphatic heterocycles. The number of amides is 1. The van der Waals surface area contributed by atoms with Crippen molar-refractivity contribution in [3.05, 3.63) is 58.9 Å². The molecule has 0 saturated heterocycles. The molecule has 2 aromatic heterocycles. The van der Waals surface area contributed by atoms with Crippen LogP contribution in [0.25, 0.3) is 10.6 Å². The first-order valence-electron chi connectivity index (χ1n) is 7.51. The largest absolute Gasteiger partial charge is 0.387 e. The summed E-state index contributed by atoms with van der Waals surface area (Å²) in [7, 11) is 1.83. The van der Waals surface area contributed by atoms with Crippen molar-refractivity contribution in [1.29, 1.82) is 0 Å². The third kappa shape index (κ3) is 3.52. The average molecular weight is 342 g/mol. The van der Waals surface area contributed by atoms with Crippen molar-refractivity contribution in [2.45, 2.75) is 13.0 Å². The predicted octanol–water partition coefficient (Wildman–Crippen LogP) is 2.32. The van der Waals surface area contributed by atoms with Crippen molar-refractivity contribution >= 4 is 17.2 Å². The van der Waals surface area contributed by atoms with Crippen LogP contribution >= 0.6 is 11.3 Å². The Kier molecular flexibility index (Phi) is 4.73. The highest BCUT2D eigenvalue weighted by Crippen LogP contribution is 2.24. The van der Waals surface area contributed by atoms with E-state index >= 15 is 0 Å². The van der Waals surface area contributed by atoms with Crippen LogP contribution in [0.15, 0.2) is 42.9 Å². The second kappa shape index (κ2) is 6.94.